The van der Waals surface area contributed by atoms with Crippen molar-refractivity contribution in [3.63, 3.8) is 0 Å². The Labute approximate surface area is 157 Å². The van der Waals surface area contributed by atoms with Gasteiger partial charge in [-0.15, -0.1) is 0 Å². The average molecular weight is 383 g/mol. The molecule has 0 atom stereocenters. The highest BCUT2D eigenvalue weighted by Crippen LogP contribution is 2.27. The molecule has 3 aromatic carbocycles. The Morgan fingerprint density at radius 2 is 1.48 bits per heavy atom. The molecule has 0 spiro atoms. The molecule has 1 N–H and O–H groups in total. The SMILES string of the molecule is O=C(CCS(=O)(=O)c1ccc(F)cc1)Nc1ccccc1-c1ccccc1. The van der Waals surface area contributed by atoms with Gasteiger partial charge in [0.15, 0.2) is 9.84 Å². The van der Waals surface area contributed by atoms with Crippen LogP contribution in [0.4, 0.5) is 10.1 Å². The summed E-state index contributed by atoms with van der Waals surface area (Å²) in [5.74, 6) is -1.26. The van der Waals surface area contributed by atoms with E-state index in [0.29, 0.717) is 5.69 Å². The lowest BCUT2D eigenvalue weighted by atomic mass is 10.0. The molecule has 3 rings (SSSR count). The fourth-order valence-electron chi connectivity index (χ4n) is 2.66. The van der Waals surface area contributed by atoms with Crippen LogP contribution in [0.2, 0.25) is 0 Å². The van der Waals surface area contributed by atoms with Gasteiger partial charge in [0.1, 0.15) is 5.82 Å². The molecule has 4 nitrogen and oxygen atoms in total. The fourth-order valence-corrected chi connectivity index (χ4v) is 3.90. The molecule has 0 radical (unpaired) electrons. The van der Waals surface area contributed by atoms with Crippen LogP contribution in [0.5, 0.6) is 0 Å². The highest BCUT2D eigenvalue weighted by Gasteiger charge is 2.17. The largest absolute Gasteiger partial charge is 0.325 e. The molecule has 0 heterocycles. The van der Waals surface area contributed by atoms with E-state index in [1.807, 2.05) is 42.5 Å². The van der Waals surface area contributed by atoms with Gasteiger partial charge in [0.05, 0.1) is 10.6 Å². The summed E-state index contributed by atoms with van der Waals surface area (Å²) in [4.78, 5) is 12.3. The second-order valence-corrected chi connectivity index (χ2v) is 8.09. The highest BCUT2D eigenvalue weighted by molar-refractivity contribution is 7.91. The molecule has 0 saturated carbocycles. The van der Waals surface area contributed by atoms with E-state index in [-0.39, 0.29) is 17.1 Å². The summed E-state index contributed by atoms with van der Waals surface area (Å²) < 4.78 is 37.5. The second-order valence-electron chi connectivity index (χ2n) is 5.98. The van der Waals surface area contributed by atoms with Crippen molar-refractivity contribution in [1.82, 2.24) is 0 Å². The van der Waals surface area contributed by atoms with Crippen LogP contribution >= 0.6 is 0 Å². The molecule has 3 aromatic rings. The zero-order chi connectivity index (χ0) is 19.3. The van der Waals surface area contributed by atoms with Crippen LogP contribution < -0.4 is 5.32 Å². The number of benzene rings is 3. The maximum Gasteiger partial charge on any atom is 0.225 e. The van der Waals surface area contributed by atoms with Gasteiger partial charge in [0, 0.05) is 17.7 Å². The lowest BCUT2D eigenvalue weighted by Crippen LogP contribution is -2.17. The summed E-state index contributed by atoms with van der Waals surface area (Å²) in [6, 6.07) is 21.5. The topological polar surface area (TPSA) is 63.2 Å². The van der Waals surface area contributed by atoms with Crippen LogP contribution in [-0.4, -0.2) is 20.1 Å². The molecular formula is C21H18FNO3S. The Balaban J connectivity index is 1.69. The summed E-state index contributed by atoms with van der Waals surface area (Å²) in [5.41, 5.74) is 2.42. The van der Waals surface area contributed by atoms with Crippen molar-refractivity contribution < 1.29 is 17.6 Å². The molecule has 0 saturated heterocycles. The van der Waals surface area contributed by atoms with Gasteiger partial charge in [-0.3, -0.25) is 4.79 Å². The normalized spacial score (nSPS) is 11.1. The van der Waals surface area contributed by atoms with Crippen LogP contribution in [0, 0.1) is 5.82 Å². The van der Waals surface area contributed by atoms with E-state index < -0.39 is 21.6 Å². The van der Waals surface area contributed by atoms with Crippen molar-refractivity contribution in [2.45, 2.75) is 11.3 Å². The van der Waals surface area contributed by atoms with Crippen LogP contribution in [0.3, 0.4) is 0 Å². The van der Waals surface area contributed by atoms with E-state index in [1.54, 1.807) is 12.1 Å². The predicted octanol–water partition coefficient (Wildman–Crippen LogP) is 4.30. The summed E-state index contributed by atoms with van der Waals surface area (Å²) >= 11 is 0. The van der Waals surface area contributed by atoms with E-state index in [1.165, 1.54) is 12.1 Å². The van der Waals surface area contributed by atoms with Gasteiger partial charge in [-0.2, -0.15) is 0 Å². The summed E-state index contributed by atoms with van der Waals surface area (Å²) in [6.45, 7) is 0. The predicted molar refractivity (Wildman–Crippen MR) is 104 cm³/mol. The van der Waals surface area contributed by atoms with Gasteiger partial charge in [-0.1, -0.05) is 48.5 Å². The van der Waals surface area contributed by atoms with Gasteiger partial charge in [0.25, 0.3) is 0 Å². The molecule has 0 aliphatic carbocycles. The molecule has 6 heteroatoms. The van der Waals surface area contributed by atoms with Gasteiger partial charge < -0.3 is 5.32 Å². The standard InChI is InChI=1S/C21H18FNO3S/c22-17-10-12-18(13-11-17)27(25,26)15-14-21(24)23-20-9-5-4-8-19(20)16-6-2-1-3-7-16/h1-13H,14-15H2,(H,23,24). The smallest absolute Gasteiger partial charge is 0.225 e. The molecule has 0 unspecified atom stereocenters. The number of carbonyl (C=O) groups is 1. The highest BCUT2D eigenvalue weighted by atomic mass is 32.2. The number of carbonyl (C=O) groups excluding carboxylic acids is 1. The molecular weight excluding hydrogens is 365 g/mol. The van der Waals surface area contributed by atoms with Crippen LogP contribution in [0.25, 0.3) is 11.1 Å². The molecule has 1 amide bonds. The molecule has 0 aliphatic rings. The zero-order valence-electron chi connectivity index (χ0n) is 14.4. The van der Waals surface area contributed by atoms with E-state index in [4.69, 9.17) is 0 Å². The first-order chi connectivity index (χ1) is 13.0. The number of amides is 1. The number of para-hydroxylation sites is 1. The summed E-state index contributed by atoms with van der Waals surface area (Å²) in [5, 5.41) is 2.78. The number of halogens is 1. The number of hydrogen-bond acceptors (Lipinski definition) is 3. The number of hydrogen-bond donors (Lipinski definition) is 1. The Morgan fingerprint density at radius 3 is 2.19 bits per heavy atom. The average Bonchev–Trinajstić information content (AvgIpc) is 2.68. The first-order valence-corrected chi connectivity index (χ1v) is 10.0. The molecule has 0 fully saturated rings. The third-order valence-corrected chi connectivity index (χ3v) is 5.79. The monoisotopic (exact) mass is 383 g/mol. The van der Waals surface area contributed by atoms with Crippen molar-refractivity contribution in [2.24, 2.45) is 0 Å². The van der Waals surface area contributed by atoms with Crippen molar-refractivity contribution in [3.8, 4) is 11.1 Å². The fraction of sp³-hybridized carbons (Fsp3) is 0.0952. The minimum absolute atomic E-state index is 0.00128. The van der Waals surface area contributed by atoms with E-state index in [9.17, 15) is 17.6 Å². The first kappa shape index (κ1) is 18.8. The third-order valence-electron chi connectivity index (χ3n) is 4.06. The van der Waals surface area contributed by atoms with Crippen molar-refractivity contribution in [1.29, 1.82) is 0 Å². The maximum atomic E-state index is 13.0. The van der Waals surface area contributed by atoms with Gasteiger partial charge in [0.2, 0.25) is 5.91 Å². The number of sulfone groups is 1. The Morgan fingerprint density at radius 1 is 0.852 bits per heavy atom. The minimum atomic E-state index is -3.65. The van der Waals surface area contributed by atoms with Crippen molar-refractivity contribution in [3.05, 3.63) is 84.7 Å². The molecule has 0 aliphatic heterocycles. The Bertz CT molecular complexity index is 1030. The molecule has 0 bridgehead atoms. The lowest BCUT2D eigenvalue weighted by Gasteiger charge is -2.11. The Kier molecular flexibility index (Phi) is 5.66. The third kappa shape index (κ3) is 4.80. The van der Waals surface area contributed by atoms with Crippen LogP contribution in [0.1, 0.15) is 6.42 Å². The maximum absolute atomic E-state index is 13.0. The Hall–Kier alpha value is -2.99. The summed E-state index contributed by atoms with van der Waals surface area (Å²) in [6.07, 6.45) is -0.192. The van der Waals surface area contributed by atoms with E-state index >= 15 is 0 Å². The summed E-state index contributed by atoms with van der Waals surface area (Å²) in [7, 11) is -3.65. The van der Waals surface area contributed by atoms with E-state index in [2.05, 4.69) is 5.32 Å². The number of rotatable bonds is 6. The number of nitrogens with one attached hydrogen (secondary N) is 1. The molecule has 138 valence electrons. The van der Waals surface area contributed by atoms with E-state index in [0.717, 1.165) is 23.3 Å². The lowest BCUT2D eigenvalue weighted by molar-refractivity contribution is -0.115. The van der Waals surface area contributed by atoms with Gasteiger partial charge in [-0.05, 0) is 35.9 Å². The zero-order valence-corrected chi connectivity index (χ0v) is 15.2. The first-order valence-electron chi connectivity index (χ1n) is 8.38. The second kappa shape index (κ2) is 8.14. The van der Waals surface area contributed by atoms with Crippen LogP contribution in [0.15, 0.2) is 83.8 Å². The van der Waals surface area contributed by atoms with Gasteiger partial charge >= 0.3 is 0 Å². The van der Waals surface area contributed by atoms with Gasteiger partial charge in [-0.25, -0.2) is 12.8 Å². The number of anilines is 1. The van der Waals surface area contributed by atoms with Crippen molar-refractivity contribution >= 4 is 21.4 Å². The quantitative estimate of drug-likeness (QED) is 0.646. The minimum Gasteiger partial charge on any atom is -0.325 e. The van der Waals surface area contributed by atoms with Crippen LogP contribution in [-0.2, 0) is 14.6 Å². The molecule has 27 heavy (non-hydrogen) atoms. The molecule has 0 aromatic heterocycles. The van der Waals surface area contributed by atoms with Crippen molar-refractivity contribution in [2.75, 3.05) is 11.1 Å².